The summed E-state index contributed by atoms with van der Waals surface area (Å²) < 4.78 is 0. The van der Waals surface area contributed by atoms with Crippen LogP contribution < -0.4 is 0 Å². The molecular formula is C24H19NS. The summed E-state index contributed by atoms with van der Waals surface area (Å²) in [7, 11) is 0. The van der Waals surface area contributed by atoms with Crippen molar-refractivity contribution in [2.75, 3.05) is 6.26 Å². The minimum absolute atomic E-state index is 1.03. The van der Waals surface area contributed by atoms with Crippen LogP contribution in [0.15, 0.2) is 102 Å². The van der Waals surface area contributed by atoms with E-state index in [1.807, 2.05) is 18.2 Å². The summed E-state index contributed by atoms with van der Waals surface area (Å²) in [5.41, 5.74) is 6.89. The van der Waals surface area contributed by atoms with Crippen LogP contribution in [0.4, 0.5) is 0 Å². The first-order valence-corrected chi connectivity index (χ1v) is 9.84. The van der Waals surface area contributed by atoms with Crippen molar-refractivity contribution in [3.8, 4) is 33.5 Å². The first-order chi connectivity index (χ1) is 12.9. The van der Waals surface area contributed by atoms with E-state index in [1.165, 1.54) is 16.7 Å². The maximum atomic E-state index is 5.08. The lowest BCUT2D eigenvalue weighted by atomic mass is 9.96. The highest BCUT2D eigenvalue weighted by molar-refractivity contribution is 7.98. The van der Waals surface area contributed by atoms with Crippen molar-refractivity contribution in [1.82, 2.24) is 4.98 Å². The van der Waals surface area contributed by atoms with Crippen LogP contribution in [0.1, 0.15) is 0 Å². The molecule has 26 heavy (non-hydrogen) atoms. The average Bonchev–Trinajstić information content (AvgIpc) is 2.74. The second-order valence-corrected chi connectivity index (χ2v) is 6.83. The standard InChI is InChI=1S/C24H19NS/c1-26-24-22(19-13-7-3-8-14-19)17-21(18-11-5-2-6-12-18)23(25-24)20-15-9-4-10-16-20/h2-17H,1H3. The topological polar surface area (TPSA) is 12.9 Å². The zero-order chi connectivity index (χ0) is 17.8. The predicted molar refractivity (Wildman–Crippen MR) is 112 cm³/mol. The number of nitrogens with zero attached hydrogens (tertiary/aromatic N) is 1. The highest BCUT2D eigenvalue weighted by atomic mass is 32.2. The van der Waals surface area contributed by atoms with E-state index >= 15 is 0 Å². The number of thioether (sulfide) groups is 1. The fourth-order valence-corrected chi connectivity index (χ4v) is 3.71. The van der Waals surface area contributed by atoms with Gasteiger partial charge in [-0.15, -0.1) is 11.8 Å². The van der Waals surface area contributed by atoms with Gasteiger partial charge in [-0.05, 0) is 23.4 Å². The lowest BCUT2D eigenvalue weighted by Crippen LogP contribution is -1.95. The molecule has 0 fully saturated rings. The smallest absolute Gasteiger partial charge is 0.104 e. The minimum atomic E-state index is 1.03. The summed E-state index contributed by atoms with van der Waals surface area (Å²) in [5, 5.41) is 1.05. The second kappa shape index (κ2) is 7.59. The number of hydrogen-bond donors (Lipinski definition) is 0. The molecule has 0 spiro atoms. The van der Waals surface area contributed by atoms with Crippen LogP contribution in [0.5, 0.6) is 0 Å². The monoisotopic (exact) mass is 353 g/mol. The summed E-state index contributed by atoms with van der Waals surface area (Å²) in [6.07, 6.45) is 2.09. The number of pyridine rings is 1. The van der Waals surface area contributed by atoms with Crippen molar-refractivity contribution in [2.45, 2.75) is 5.03 Å². The van der Waals surface area contributed by atoms with Crippen molar-refractivity contribution in [2.24, 2.45) is 0 Å². The molecule has 0 bridgehead atoms. The van der Waals surface area contributed by atoms with Gasteiger partial charge in [0.25, 0.3) is 0 Å². The summed E-state index contributed by atoms with van der Waals surface area (Å²) in [6.45, 7) is 0. The summed E-state index contributed by atoms with van der Waals surface area (Å²) in [6, 6.07) is 33.7. The summed E-state index contributed by atoms with van der Waals surface area (Å²) in [4.78, 5) is 5.08. The van der Waals surface area contributed by atoms with Gasteiger partial charge in [0.05, 0.1) is 5.69 Å². The molecule has 0 amide bonds. The van der Waals surface area contributed by atoms with Crippen LogP contribution in [0.25, 0.3) is 33.5 Å². The van der Waals surface area contributed by atoms with E-state index in [-0.39, 0.29) is 0 Å². The normalized spacial score (nSPS) is 10.7. The Morgan fingerprint density at radius 1 is 0.577 bits per heavy atom. The van der Waals surface area contributed by atoms with Gasteiger partial charge in [-0.1, -0.05) is 91.0 Å². The molecular weight excluding hydrogens is 334 g/mol. The zero-order valence-electron chi connectivity index (χ0n) is 14.6. The van der Waals surface area contributed by atoms with Gasteiger partial charge >= 0.3 is 0 Å². The Labute approximate surface area is 158 Å². The van der Waals surface area contributed by atoms with Gasteiger partial charge in [0.2, 0.25) is 0 Å². The first-order valence-electron chi connectivity index (χ1n) is 8.62. The highest BCUT2D eigenvalue weighted by Gasteiger charge is 2.15. The molecule has 1 heterocycles. The SMILES string of the molecule is CSc1nc(-c2ccccc2)c(-c2ccccc2)cc1-c1ccccc1. The molecule has 0 unspecified atom stereocenters. The number of rotatable bonds is 4. The van der Waals surface area contributed by atoms with Crippen LogP contribution in [-0.4, -0.2) is 11.2 Å². The van der Waals surface area contributed by atoms with Crippen molar-refractivity contribution in [3.63, 3.8) is 0 Å². The third-order valence-corrected chi connectivity index (χ3v) is 5.10. The molecule has 0 N–H and O–H groups in total. The van der Waals surface area contributed by atoms with Gasteiger partial charge in [0.1, 0.15) is 5.03 Å². The second-order valence-electron chi connectivity index (χ2n) is 6.04. The molecule has 1 aromatic heterocycles. The Morgan fingerprint density at radius 2 is 1.04 bits per heavy atom. The Balaban J connectivity index is 2.00. The van der Waals surface area contributed by atoms with Gasteiger partial charge < -0.3 is 0 Å². The van der Waals surface area contributed by atoms with Crippen molar-refractivity contribution in [1.29, 1.82) is 0 Å². The van der Waals surface area contributed by atoms with Crippen molar-refractivity contribution < 1.29 is 0 Å². The Morgan fingerprint density at radius 3 is 1.54 bits per heavy atom. The first kappa shape index (κ1) is 16.6. The molecule has 0 atom stereocenters. The van der Waals surface area contributed by atoms with E-state index in [9.17, 15) is 0 Å². The Hall–Kier alpha value is -2.84. The van der Waals surface area contributed by atoms with E-state index < -0.39 is 0 Å². The fraction of sp³-hybridized carbons (Fsp3) is 0.0417. The average molecular weight is 353 g/mol. The lowest BCUT2D eigenvalue weighted by Gasteiger charge is -2.15. The van der Waals surface area contributed by atoms with Crippen LogP contribution in [0.3, 0.4) is 0 Å². The Kier molecular flexibility index (Phi) is 4.85. The number of hydrogen-bond acceptors (Lipinski definition) is 2. The zero-order valence-corrected chi connectivity index (χ0v) is 15.4. The highest BCUT2D eigenvalue weighted by Crippen LogP contribution is 2.38. The fourth-order valence-electron chi connectivity index (χ4n) is 3.13. The van der Waals surface area contributed by atoms with Gasteiger partial charge in [0, 0.05) is 16.7 Å². The molecule has 0 aliphatic heterocycles. The molecule has 0 aliphatic rings. The molecule has 0 radical (unpaired) electrons. The van der Waals surface area contributed by atoms with Gasteiger partial charge in [-0.3, -0.25) is 0 Å². The molecule has 2 heteroatoms. The Bertz CT molecular complexity index is 996. The van der Waals surface area contributed by atoms with Gasteiger partial charge in [0.15, 0.2) is 0 Å². The molecule has 4 rings (SSSR count). The maximum Gasteiger partial charge on any atom is 0.104 e. The molecule has 0 aliphatic carbocycles. The predicted octanol–water partition coefficient (Wildman–Crippen LogP) is 6.80. The molecule has 3 aromatic carbocycles. The molecule has 0 saturated heterocycles. The van der Waals surface area contributed by atoms with Crippen LogP contribution in [0.2, 0.25) is 0 Å². The third kappa shape index (κ3) is 3.29. The third-order valence-electron chi connectivity index (χ3n) is 4.40. The van der Waals surface area contributed by atoms with Crippen LogP contribution in [-0.2, 0) is 0 Å². The van der Waals surface area contributed by atoms with E-state index in [0.29, 0.717) is 0 Å². The summed E-state index contributed by atoms with van der Waals surface area (Å²) >= 11 is 1.69. The van der Waals surface area contributed by atoms with E-state index in [0.717, 1.165) is 21.8 Å². The molecule has 1 nitrogen and oxygen atoms in total. The largest absolute Gasteiger partial charge is 0.240 e. The van der Waals surface area contributed by atoms with Crippen molar-refractivity contribution in [3.05, 3.63) is 97.1 Å². The van der Waals surface area contributed by atoms with Crippen LogP contribution >= 0.6 is 11.8 Å². The maximum absolute atomic E-state index is 5.08. The number of aromatic nitrogens is 1. The van der Waals surface area contributed by atoms with E-state index in [4.69, 9.17) is 4.98 Å². The van der Waals surface area contributed by atoms with E-state index in [1.54, 1.807) is 11.8 Å². The molecule has 126 valence electrons. The minimum Gasteiger partial charge on any atom is -0.240 e. The molecule has 4 aromatic rings. The quantitative estimate of drug-likeness (QED) is 0.374. The van der Waals surface area contributed by atoms with Gasteiger partial charge in [-0.25, -0.2) is 4.98 Å². The lowest BCUT2D eigenvalue weighted by molar-refractivity contribution is 1.15. The molecule has 0 saturated carbocycles. The van der Waals surface area contributed by atoms with Gasteiger partial charge in [-0.2, -0.15) is 0 Å². The van der Waals surface area contributed by atoms with Crippen molar-refractivity contribution >= 4 is 11.8 Å². The van der Waals surface area contributed by atoms with E-state index in [2.05, 4.69) is 85.1 Å². The van der Waals surface area contributed by atoms with Crippen LogP contribution in [0, 0.1) is 0 Å². The summed E-state index contributed by atoms with van der Waals surface area (Å²) in [5.74, 6) is 0. The number of benzene rings is 3.